The Morgan fingerprint density at radius 2 is 0.442 bits per heavy atom. The lowest BCUT2D eigenvalue weighted by Gasteiger charge is -2.33. The molecule has 310 valence electrons. The molecule has 0 aromatic rings. The van der Waals surface area contributed by atoms with E-state index in [-0.39, 0.29) is 0 Å². The van der Waals surface area contributed by atoms with Gasteiger partial charge in [0.1, 0.15) is 6.17 Å². The predicted octanol–water partition coefficient (Wildman–Crippen LogP) is 17.8. The fraction of sp³-hybridized carbons (Fsp3) is 0.960. The molecule has 0 fully saturated rings. The summed E-state index contributed by atoms with van der Waals surface area (Å²) in [5, 5.41) is 0. The average Bonchev–Trinajstić information content (AvgIpc) is 3.54. The van der Waals surface area contributed by atoms with Crippen LogP contribution in [0, 0.1) is 0 Å². The Labute approximate surface area is 330 Å². The predicted molar refractivity (Wildman–Crippen MR) is 237 cm³/mol. The highest BCUT2D eigenvalue weighted by molar-refractivity contribution is 4.97. The molecular formula is C50H100N2. The second-order valence-electron chi connectivity index (χ2n) is 17.5. The topological polar surface area (TPSA) is 6.48 Å². The molecule has 0 N–H and O–H groups in total. The largest absolute Gasteiger partial charge is 0.356 e. The molecule has 52 heavy (non-hydrogen) atoms. The van der Waals surface area contributed by atoms with Gasteiger partial charge in [-0.3, -0.25) is 0 Å². The van der Waals surface area contributed by atoms with Crippen molar-refractivity contribution >= 4 is 0 Å². The van der Waals surface area contributed by atoms with E-state index in [9.17, 15) is 0 Å². The van der Waals surface area contributed by atoms with E-state index in [4.69, 9.17) is 0 Å². The minimum atomic E-state index is 0.636. The number of nitrogens with zero attached hydrogens (tertiary/aromatic N) is 2. The molecule has 1 unspecified atom stereocenters. The SMILES string of the molecule is CCCCCCCCCCCCCCCCCC1N(CCCCCCCCCCCCC)C=CN1CCCCCCCCCCCCCCCCC. The van der Waals surface area contributed by atoms with Crippen LogP contribution in [-0.2, 0) is 0 Å². The Morgan fingerprint density at radius 1 is 0.250 bits per heavy atom. The third kappa shape index (κ3) is 32.7. The van der Waals surface area contributed by atoms with Gasteiger partial charge in [-0.05, 0) is 25.7 Å². The number of hydrogen-bond acceptors (Lipinski definition) is 2. The van der Waals surface area contributed by atoms with E-state index in [0.717, 1.165) is 0 Å². The summed E-state index contributed by atoms with van der Waals surface area (Å²) in [6.45, 7) is 9.49. The van der Waals surface area contributed by atoms with Gasteiger partial charge in [0, 0.05) is 25.5 Å². The van der Waals surface area contributed by atoms with Crippen molar-refractivity contribution in [3.63, 3.8) is 0 Å². The van der Waals surface area contributed by atoms with Crippen molar-refractivity contribution in [2.24, 2.45) is 0 Å². The zero-order valence-electron chi connectivity index (χ0n) is 36.7. The van der Waals surface area contributed by atoms with Crippen molar-refractivity contribution in [2.45, 2.75) is 297 Å². The molecule has 0 radical (unpaired) electrons. The van der Waals surface area contributed by atoms with Gasteiger partial charge in [0.2, 0.25) is 0 Å². The standard InChI is InChI=1S/C50H100N2/c1-4-7-10-13-16-19-22-24-26-28-30-33-36-39-42-45-50-51(46-43-40-37-34-31-21-18-15-12-9-6-3)48-49-52(50)47-44-41-38-35-32-29-27-25-23-20-17-14-11-8-5-2/h48-50H,4-47H2,1-3H3. The van der Waals surface area contributed by atoms with Crippen LogP contribution in [0.25, 0.3) is 0 Å². The van der Waals surface area contributed by atoms with Crippen LogP contribution in [0.5, 0.6) is 0 Å². The maximum atomic E-state index is 2.74. The molecule has 0 bridgehead atoms. The molecule has 0 amide bonds. The molecule has 1 heterocycles. The molecule has 2 nitrogen and oxygen atoms in total. The van der Waals surface area contributed by atoms with Crippen LogP contribution >= 0.6 is 0 Å². The normalized spacial score (nSPS) is 14.4. The molecule has 2 heteroatoms. The molecule has 0 aromatic carbocycles. The van der Waals surface area contributed by atoms with Gasteiger partial charge in [-0.2, -0.15) is 0 Å². The van der Waals surface area contributed by atoms with Crippen molar-refractivity contribution in [1.29, 1.82) is 0 Å². The Morgan fingerprint density at radius 3 is 0.673 bits per heavy atom. The van der Waals surface area contributed by atoms with E-state index in [1.807, 2.05) is 0 Å². The lowest BCUT2D eigenvalue weighted by atomic mass is 10.0. The molecule has 1 atom stereocenters. The summed E-state index contributed by atoms with van der Waals surface area (Å²) < 4.78 is 0. The molecule has 1 aliphatic rings. The van der Waals surface area contributed by atoms with Crippen molar-refractivity contribution in [1.82, 2.24) is 9.80 Å². The van der Waals surface area contributed by atoms with Gasteiger partial charge in [0.25, 0.3) is 0 Å². The number of rotatable bonds is 44. The summed E-state index contributed by atoms with van der Waals surface area (Å²) in [5.74, 6) is 0. The van der Waals surface area contributed by atoms with Crippen molar-refractivity contribution in [3.8, 4) is 0 Å². The first-order valence-corrected chi connectivity index (χ1v) is 25.0. The highest BCUT2D eigenvalue weighted by atomic mass is 15.4. The first-order chi connectivity index (χ1) is 25.8. The Hall–Kier alpha value is -0.660. The molecule has 0 spiro atoms. The number of unbranched alkanes of at least 4 members (excludes halogenated alkanes) is 38. The Bertz CT molecular complexity index is 688. The van der Waals surface area contributed by atoms with E-state index in [1.54, 1.807) is 0 Å². The van der Waals surface area contributed by atoms with Crippen molar-refractivity contribution < 1.29 is 0 Å². The zero-order valence-corrected chi connectivity index (χ0v) is 36.7. The van der Waals surface area contributed by atoms with Crippen LogP contribution in [0.15, 0.2) is 12.4 Å². The van der Waals surface area contributed by atoms with Crippen LogP contribution in [0.1, 0.15) is 290 Å². The summed E-state index contributed by atoms with van der Waals surface area (Å²) >= 11 is 0. The Kier molecular flexibility index (Phi) is 39.4. The first kappa shape index (κ1) is 49.4. The third-order valence-corrected chi connectivity index (χ3v) is 12.3. The third-order valence-electron chi connectivity index (χ3n) is 12.3. The number of hydrogen-bond donors (Lipinski definition) is 0. The molecule has 1 aliphatic heterocycles. The molecule has 0 saturated carbocycles. The van der Waals surface area contributed by atoms with E-state index < -0.39 is 0 Å². The maximum absolute atomic E-state index is 2.74. The van der Waals surface area contributed by atoms with Gasteiger partial charge >= 0.3 is 0 Å². The quantitative estimate of drug-likeness (QED) is 0.0576. The lowest BCUT2D eigenvalue weighted by molar-refractivity contribution is 0.135. The highest BCUT2D eigenvalue weighted by Crippen LogP contribution is 2.24. The van der Waals surface area contributed by atoms with E-state index in [2.05, 4.69) is 43.0 Å². The van der Waals surface area contributed by atoms with Crippen molar-refractivity contribution in [2.75, 3.05) is 13.1 Å². The smallest absolute Gasteiger partial charge is 0.101 e. The molecule has 1 rings (SSSR count). The monoisotopic (exact) mass is 729 g/mol. The zero-order chi connectivity index (χ0) is 37.3. The first-order valence-electron chi connectivity index (χ1n) is 25.0. The summed E-state index contributed by atoms with van der Waals surface area (Å²) in [7, 11) is 0. The minimum absolute atomic E-state index is 0.636. The van der Waals surface area contributed by atoms with Crippen LogP contribution in [0.3, 0.4) is 0 Å². The van der Waals surface area contributed by atoms with Crippen LogP contribution in [0.2, 0.25) is 0 Å². The fourth-order valence-electron chi connectivity index (χ4n) is 8.66. The molecule has 0 aliphatic carbocycles. The fourth-order valence-corrected chi connectivity index (χ4v) is 8.66. The summed E-state index contributed by atoms with van der Waals surface area (Å²) in [6.07, 6.45) is 66.4. The van der Waals surface area contributed by atoms with Gasteiger partial charge in [0.15, 0.2) is 0 Å². The average molecular weight is 729 g/mol. The molecular weight excluding hydrogens is 629 g/mol. The van der Waals surface area contributed by atoms with E-state index in [1.165, 1.54) is 283 Å². The molecule has 0 saturated heterocycles. The van der Waals surface area contributed by atoms with Crippen LogP contribution < -0.4 is 0 Å². The van der Waals surface area contributed by atoms with Gasteiger partial charge < -0.3 is 9.80 Å². The van der Waals surface area contributed by atoms with Crippen molar-refractivity contribution in [3.05, 3.63) is 12.4 Å². The van der Waals surface area contributed by atoms with Gasteiger partial charge in [-0.25, -0.2) is 0 Å². The van der Waals surface area contributed by atoms with Gasteiger partial charge in [0.05, 0.1) is 0 Å². The summed E-state index contributed by atoms with van der Waals surface area (Å²) in [5.41, 5.74) is 0. The summed E-state index contributed by atoms with van der Waals surface area (Å²) in [6, 6.07) is 0. The van der Waals surface area contributed by atoms with Gasteiger partial charge in [-0.15, -0.1) is 0 Å². The molecule has 0 aromatic heterocycles. The van der Waals surface area contributed by atoms with Gasteiger partial charge in [-0.1, -0.05) is 265 Å². The maximum Gasteiger partial charge on any atom is 0.101 e. The Balaban J connectivity index is 2.19. The highest BCUT2D eigenvalue weighted by Gasteiger charge is 2.24. The van der Waals surface area contributed by atoms with E-state index >= 15 is 0 Å². The minimum Gasteiger partial charge on any atom is -0.356 e. The van der Waals surface area contributed by atoms with E-state index in [0.29, 0.717) is 6.17 Å². The second kappa shape index (κ2) is 41.5. The van der Waals surface area contributed by atoms with Crippen LogP contribution in [0.4, 0.5) is 0 Å². The van der Waals surface area contributed by atoms with Crippen LogP contribution in [-0.4, -0.2) is 29.1 Å². The lowest BCUT2D eigenvalue weighted by Crippen LogP contribution is -2.39. The summed E-state index contributed by atoms with van der Waals surface area (Å²) in [4.78, 5) is 5.48. The second-order valence-corrected chi connectivity index (χ2v) is 17.5.